The first kappa shape index (κ1) is 15.9. The second-order valence-electron chi connectivity index (χ2n) is 6.40. The second kappa shape index (κ2) is 6.64. The fourth-order valence-corrected chi connectivity index (χ4v) is 3.28. The van der Waals surface area contributed by atoms with E-state index in [1.807, 2.05) is 0 Å². The highest BCUT2D eigenvalue weighted by atomic mass is 16.5. The highest BCUT2D eigenvalue weighted by molar-refractivity contribution is 5.58. The molecule has 0 saturated carbocycles. The number of phenols is 2. The van der Waals surface area contributed by atoms with Gasteiger partial charge in [-0.25, -0.2) is 0 Å². The quantitative estimate of drug-likeness (QED) is 0.588. The van der Waals surface area contributed by atoms with E-state index in [4.69, 9.17) is 4.74 Å². The number of hydrogen-bond donors (Lipinski definition) is 3. The number of ether oxygens (including phenoxy) is 1. The molecule has 0 spiro atoms. The number of phenolic OH excluding ortho intramolecular Hbond substituents is 2. The highest BCUT2D eigenvalue weighted by Gasteiger charge is 2.36. The van der Waals surface area contributed by atoms with Crippen LogP contribution in [0.15, 0.2) is 42.5 Å². The molecule has 0 aromatic heterocycles. The molecule has 1 aromatic carbocycles. The number of anilines is 1. The zero-order valence-corrected chi connectivity index (χ0v) is 13.4. The molecule has 124 valence electrons. The third-order valence-corrected chi connectivity index (χ3v) is 4.64. The van der Waals surface area contributed by atoms with E-state index in [9.17, 15) is 10.2 Å². The smallest absolute Gasteiger partial charge is 0.142 e. The molecule has 0 amide bonds. The predicted molar refractivity (Wildman–Crippen MR) is 90.8 cm³/mol. The molecule has 2 aliphatic rings. The zero-order valence-electron chi connectivity index (χ0n) is 13.4. The van der Waals surface area contributed by atoms with Crippen LogP contribution in [0.1, 0.15) is 6.92 Å². The van der Waals surface area contributed by atoms with Gasteiger partial charge in [-0.15, -0.1) is 0 Å². The van der Waals surface area contributed by atoms with Crippen LogP contribution in [0, 0.1) is 5.41 Å². The Morgan fingerprint density at radius 2 is 2.04 bits per heavy atom. The molecule has 0 radical (unpaired) electrons. The minimum atomic E-state index is -0.0869. The first-order valence-corrected chi connectivity index (χ1v) is 8.02. The Bertz CT molecular complexity index is 608. The number of rotatable bonds is 4. The maximum atomic E-state index is 9.94. The molecule has 2 atom stereocenters. The van der Waals surface area contributed by atoms with E-state index in [1.165, 1.54) is 6.07 Å². The number of hydrogen-bond acceptors (Lipinski definition) is 5. The van der Waals surface area contributed by atoms with Gasteiger partial charge in [0.05, 0.1) is 18.9 Å². The van der Waals surface area contributed by atoms with Crippen LogP contribution in [0.25, 0.3) is 0 Å². The third-order valence-electron chi connectivity index (χ3n) is 4.64. The molecular weight excluding hydrogens is 292 g/mol. The van der Waals surface area contributed by atoms with Gasteiger partial charge in [-0.2, -0.15) is 0 Å². The summed E-state index contributed by atoms with van der Waals surface area (Å²) in [6, 6.07) is 4.91. The van der Waals surface area contributed by atoms with Gasteiger partial charge in [0.1, 0.15) is 11.5 Å². The molecule has 3 N–H and O–H groups in total. The van der Waals surface area contributed by atoms with Gasteiger partial charge < -0.3 is 20.3 Å². The van der Waals surface area contributed by atoms with E-state index in [-0.39, 0.29) is 16.9 Å². The van der Waals surface area contributed by atoms with Gasteiger partial charge in [0.15, 0.2) is 0 Å². The normalized spacial score (nSPS) is 28.0. The largest absolute Gasteiger partial charge is 0.508 e. The van der Waals surface area contributed by atoms with Gasteiger partial charge in [0, 0.05) is 37.2 Å². The lowest BCUT2D eigenvalue weighted by molar-refractivity contribution is 0.00716. The van der Waals surface area contributed by atoms with Crippen molar-refractivity contribution in [2.75, 3.05) is 38.2 Å². The van der Waals surface area contributed by atoms with Gasteiger partial charge in [0.25, 0.3) is 0 Å². The minimum Gasteiger partial charge on any atom is -0.508 e. The van der Waals surface area contributed by atoms with Gasteiger partial charge in [-0.1, -0.05) is 31.2 Å². The van der Waals surface area contributed by atoms with Crippen molar-refractivity contribution in [1.29, 1.82) is 0 Å². The van der Waals surface area contributed by atoms with Crippen LogP contribution >= 0.6 is 0 Å². The van der Waals surface area contributed by atoms with Crippen LogP contribution in [-0.2, 0) is 4.74 Å². The van der Waals surface area contributed by atoms with Crippen LogP contribution in [0.4, 0.5) is 5.69 Å². The highest BCUT2D eigenvalue weighted by Crippen LogP contribution is 2.34. The maximum absolute atomic E-state index is 9.94. The Balaban J connectivity index is 1.72. The number of aromatic hydroxyl groups is 2. The summed E-state index contributed by atoms with van der Waals surface area (Å²) in [5.41, 5.74) is 0.545. The molecule has 1 fully saturated rings. The molecule has 5 nitrogen and oxygen atoms in total. The fourth-order valence-electron chi connectivity index (χ4n) is 3.28. The lowest BCUT2D eigenvalue weighted by Crippen LogP contribution is -2.52. The van der Waals surface area contributed by atoms with Crippen molar-refractivity contribution in [3.63, 3.8) is 0 Å². The lowest BCUT2D eigenvalue weighted by atomic mass is 9.78. The number of allylic oxidation sites excluding steroid dienone is 2. The number of nitrogens with one attached hydrogen (secondary N) is 1. The summed E-state index contributed by atoms with van der Waals surface area (Å²) in [4.78, 5) is 2.45. The van der Waals surface area contributed by atoms with Gasteiger partial charge in [-0.3, -0.25) is 4.90 Å². The average Bonchev–Trinajstić information content (AvgIpc) is 2.55. The monoisotopic (exact) mass is 316 g/mol. The van der Waals surface area contributed by atoms with Crippen LogP contribution in [-0.4, -0.2) is 54.0 Å². The Hall–Kier alpha value is -1.98. The minimum absolute atomic E-state index is 0.0611. The zero-order chi connectivity index (χ0) is 16.3. The Morgan fingerprint density at radius 1 is 1.26 bits per heavy atom. The third kappa shape index (κ3) is 3.51. The molecule has 3 rings (SSSR count). The van der Waals surface area contributed by atoms with E-state index in [1.54, 1.807) is 12.1 Å². The number of nitrogens with zero attached hydrogens (tertiary/aromatic N) is 1. The molecule has 0 bridgehead atoms. The van der Waals surface area contributed by atoms with Crippen LogP contribution in [0.2, 0.25) is 0 Å². The van der Waals surface area contributed by atoms with E-state index < -0.39 is 0 Å². The van der Waals surface area contributed by atoms with Crippen molar-refractivity contribution in [3.05, 3.63) is 42.5 Å². The van der Waals surface area contributed by atoms with E-state index in [0.29, 0.717) is 18.3 Å². The molecule has 1 aliphatic carbocycles. The molecular formula is C18H24N2O3. The summed E-state index contributed by atoms with van der Waals surface area (Å²) in [6.07, 6.45) is 8.64. The number of benzene rings is 1. The van der Waals surface area contributed by atoms with Gasteiger partial charge in [-0.05, 0) is 12.1 Å². The van der Waals surface area contributed by atoms with Crippen LogP contribution < -0.4 is 5.32 Å². The molecule has 1 aromatic rings. The summed E-state index contributed by atoms with van der Waals surface area (Å²) in [7, 11) is 0. The van der Waals surface area contributed by atoms with Crippen molar-refractivity contribution in [2.45, 2.75) is 13.0 Å². The maximum Gasteiger partial charge on any atom is 0.142 e. The molecule has 1 aliphatic heterocycles. The molecule has 23 heavy (non-hydrogen) atoms. The van der Waals surface area contributed by atoms with E-state index in [0.717, 1.165) is 26.3 Å². The molecule has 1 saturated heterocycles. The molecule has 1 heterocycles. The van der Waals surface area contributed by atoms with E-state index in [2.05, 4.69) is 41.4 Å². The van der Waals surface area contributed by atoms with E-state index >= 15 is 0 Å². The molecule has 2 unspecified atom stereocenters. The summed E-state index contributed by atoms with van der Waals surface area (Å²) >= 11 is 0. The van der Waals surface area contributed by atoms with Crippen molar-refractivity contribution < 1.29 is 14.9 Å². The second-order valence-corrected chi connectivity index (χ2v) is 6.40. The van der Waals surface area contributed by atoms with Crippen LogP contribution in [0.3, 0.4) is 0 Å². The van der Waals surface area contributed by atoms with Gasteiger partial charge >= 0.3 is 0 Å². The predicted octanol–water partition coefficient (Wildman–Crippen LogP) is 2.34. The first-order chi connectivity index (χ1) is 11.1. The van der Waals surface area contributed by atoms with Crippen molar-refractivity contribution in [3.8, 4) is 11.5 Å². The van der Waals surface area contributed by atoms with Crippen molar-refractivity contribution in [2.24, 2.45) is 5.41 Å². The fraction of sp³-hybridized carbons (Fsp3) is 0.444. The topological polar surface area (TPSA) is 65.0 Å². The number of morpholine rings is 1. The summed E-state index contributed by atoms with van der Waals surface area (Å²) in [6.45, 7) is 6.32. The van der Waals surface area contributed by atoms with Crippen molar-refractivity contribution >= 4 is 5.69 Å². The summed E-state index contributed by atoms with van der Waals surface area (Å²) in [5.74, 6) is 0.123. The van der Waals surface area contributed by atoms with Crippen LogP contribution in [0.5, 0.6) is 11.5 Å². The Morgan fingerprint density at radius 3 is 2.78 bits per heavy atom. The van der Waals surface area contributed by atoms with Crippen molar-refractivity contribution in [1.82, 2.24) is 4.90 Å². The SMILES string of the molecule is CC1(CNc2ccc(O)cc2O)C=CC=CC1N1CCOCC1. The summed E-state index contributed by atoms with van der Waals surface area (Å²) in [5, 5.41) is 22.6. The Labute approximate surface area is 136 Å². The first-order valence-electron chi connectivity index (χ1n) is 8.02. The summed E-state index contributed by atoms with van der Waals surface area (Å²) < 4.78 is 5.46. The average molecular weight is 316 g/mol. The lowest BCUT2D eigenvalue weighted by Gasteiger charge is -2.44. The molecule has 5 heteroatoms. The Kier molecular flexibility index (Phi) is 4.59. The standard InChI is InChI=1S/C18H24N2O3/c1-18(13-19-15-6-5-14(21)12-16(15)22)7-3-2-4-17(18)20-8-10-23-11-9-20/h2-7,12,17,19,21-22H,8-11,13H2,1H3. The van der Waals surface area contributed by atoms with Gasteiger partial charge in [0.2, 0.25) is 0 Å².